The van der Waals surface area contributed by atoms with E-state index in [9.17, 15) is 8.42 Å². The molecule has 0 saturated carbocycles. The lowest BCUT2D eigenvalue weighted by atomic mass is 10.1. The van der Waals surface area contributed by atoms with E-state index in [4.69, 9.17) is 10.5 Å². The van der Waals surface area contributed by atoms with Gasteiger partial charge in [0.25, 0.3) is 0 Å². The normalized spacial score (nSPS) is 17.3. The third-order valence-corrected chi connectivity index (χ3v) is 4.48. The monoisotopic (exact) mass is 285 g/mol. The average Bonchev–Trinajstić information content (AvgIpc) is 2.42. The minimum absolute atomic E-state index is 0.389. The number of nitrogens with zero attached hydrogens (tertiary/aromatic N) is 1. The predicted molar refractivity (Wildman–Crippen MR) is 74.1 cm³/mol. The number of nitrogens with two attached hydrogens (primary N) is 1. The van der Waals surface area contributed by atoms with Crippen molar-refractivity contribution in [1.82, 2.24) is 4.31 Å². The minimum Gasteiger partial charge on any atom is -0.379 e. The van der Waals surface area contributed by atoms with E-state index in [2.05, 4.69) is 4.72 Å². The molecule has 0 unspecified atom stereocenters. The summed E-state index contributed by atoms with van der Waals surface area (Å²) in [6.45, 7) is 2.24. The van der Waals surface area contributed by atoms with Gasteiger partial charge in [-0.3, -0.25) is 4.72 Å². The Kier molecular flexibility index (Phi) is 4.76. The van der Waals surface area contributed by atoms with Crippen LogP contribution in [0.25, 0.3) is 0 Å². The first kappa shape index (κ1) is 14.3. The Bertz CT molecular complexity index is 495. The van der Waals surface area contributed by atoms with Gasteiger partial charge in [0.15, 0.2) is 0 Å². The molecule has 1 fully saturated rings. The van der Waals surface area contributed by atoms with Crippen LogP contribution in [0.2, 0.25) is 0 Å². The molecular weight excluding hydrogens is 266 g/mol. The summed E-state index contributed by atoms with van der Waals surface area (Å²) in [6.07, 6.45) is 0.788. The summed E-state index contributed by atoms with van der Waals surface area (Å²) in [5.41, 5.74) is 7.12. The highest BCUT2D eigenvalue weighted by Gasteiger charge is 2.23. The molecule has 0 radical (unpaired) electrons. The molecule has 1 aromatic rings. The van der Waals surface area contributed by atoms with E-state index in [1.54, 1.807) is 12.1 Å². The summed E-state index contributed by atoms with van der Waals surface area (Å²) in [6, 6.07) is 7.26. The molecule has 1 heterocycles. The SMILES string of the molecule is NCCc1ccc(NS(=O)(=O)N2CCOCC2)cc1. The fraction of sp³-hybridized carbons (Fsp3) is 0.500. The Labute approximate surface area is 113 Å². The van der Waals surface area contributed by atoms with Gasteiger partial charge >= 0.3 is 10.2 Å². The van der Waals surface area contributed by atoms with Crippen LogP contribution in [0.15, 0.2) is 24.3 Å². The van der Waals surface area contributed by atoms with Crippen LogP contribution in [0.4, 0.5) is 5.69 Å². The Morgan fingerprint density at radius 3 is 2.42 bits per heavy atom. The maximum absolute atomic E-state index is 12.1. The topological polar surface area (TPSA) is 84.7 Å². The van der Waals surface area contributed by atoms with Gasteiger partial charge in [0.2, 0.25) is 0 Å². The molecule has 0 spiro atoms. The Balaban J connectivity index is 2.02. The highest BCUT2D eigenvalue weighted by atomic mass is 32.2. The second-order valence-corrected chi connectivity index (χ2v) is 6.02. The average molecular weight is 285 g/mol. The molecule has 7 heteroatoms. The third-order valence-electron chi connectivity index (χ3n) is 2.94. The summed E-state index contributed by atoms with van der Waals surface area (Å²) >= 11 is 0. The standard InChI is InChI=1S/C12H19N3O3S/c13-6-5-11-1-3-12(4-2-11)14-19(16,17)15-7-9-18-10-8-15/h1-4,14H,5-10,13H2. The molecule has 0 aromatic heterocycles. The number of hydrogen-bond acceptors (Lipinski definition) is 4. The number of nitrogens with one attached hydrogen (secondary N) is 1. The van der Waals surface area contributed by atoms with Crippen LogP contribution >= 0.6 is 0 Å². The van der Waals surface area contributed by atoms with Crippen LogP contribution in [0.5, 0.6) is 0 Å². The van der Waals surface area contributed by atoms with Crippen LogP contribution in [0, 0.1) is 0 Å². The van der Waals surface area contributed by atoms with E-state index >= 15 is 0 Å². The lowest BCUT2D eigenvalue weighted by Crippen LogP contribution is -2.43. The molecule has 6 nitrogen and oxygen atoms in total. The maximum atomic E-state index is 12.1. The summed E-state index contributed by atoms with van der Waals surface area (Å²) in [4.78, 5) is 0. The number of rotatable bonds is 5. The first-order valence-corrected chi connectivity index (χ1v) is 7.70. The maximum Gasteiger partial charge on any atom is 0.301 e. The summed E-state index contributed by atoms with van der Waals surface area (Å²) in [5, 5.41) is 0. The Morgan fingerprint density at radius 1 is 1.21 bits per heavy atom. The molecular formula is C12H19N3O3S. The fourth-order valence-electron chi connectivity index (χ4n) is 1.91. The molecule has 1 aliphatic rings. The zero-order valence-electron chi connectivity index (χ0n) is 10.7. The van der Waals surface area contributed by atoms with Crippen molar-refractivity contribution in [3.8, 4) is 0 Å². The van der Waals surface area contributed by atoms with E-state index in [1.807, 2.05) is 12.1 Å². The smallest absolute Gasteiger partial charge is 0.301 e. The molecule has 0 amide bonds. The first-order chi connectivity index (χ1) is 9.12. The van der Waals surface area contributed by atoms with E-state index in [0.717, 1.165) is 12.0 Å². The molecule has 106 valence electrons. The number of benzene rings is 1. The first-order valence-electron chi connectivity index (χ1n) is 6.26. The van der Waals surface area contributed by atoms with Gasteiger partial charge in [-0.2, -0.15) is 12.7 Å². The van der Waals surface area contributed by atoms with Crippen LogP contribution in [-0.2, 0) is 21.4 Å². The second kappa shape index (κ2) is 6.33. The summed E-state index contributed by atoms with van der Waals surface area (Å²) in [7, 11) is -3.48. The zero-order chi connectivity index (χ0) is 13.7. The lowest BCUT2D eigenvalue weighted by molar-refractivity contribution is 0.0733. The molecule has 2 rings (SSSR count). The molecule has 0 aliphatic carbocycles. The van der Waals surface area contributed by atoms with E-state index in [1.165, 1.54) is 4.31 Å². The largest absolute Gasteiger partial charge is 0.379 e. The van der Waals surface area contributed by atoms with Crippen molar-refractivity contribution in [3.63, 3.8) is 0 Å². The highest BCUT2D eigenvalue weighted by molar-refractivity contribution is 7.90. The molecule has 0 atom stereocenters. The van der Waals surface area contributed by atoms with Crippen LogP contribution in [0.3, 0.4) is 0 Å². The van der Waals surface area contributed by atoms with E-state index in [-0.39, 0.29) is 0 Å². The van der Waals surface area contributed by atoms with Crippen molar-refractivity contribution in [2.75, 3.05) is 37.6 Å². The van der Waals surface area contributed by atoms with E-state index in [0.29, 0.717) is 38.5 Å². The van der Waals surface area contributed by atoms with E-state index < -0.39 is 10.2 Å². The molecule has 1 aliphatic heterocycles. The lowest BCUT2D eigenvalue weighted by Gasteiger charge is -2.26. The van der Waals surface area contributed by atoms with Gasteiger partial charge in [-0.25, -0.2) is 0 Å². The van der Waals surface area contributed by atoms with Gasteiger partial charge in [-0.1, -0.05) is 12.1 Å². The van der Waals surface area contributed by atoms with Crippen molar-refractivity contribution >= 4 is 15.9 Å². The third kappa shape index (κ3) is 3.90. The molecule has 1 saturated heterocycles. The van der Waals surface area contributed by atoms with Crippen LogP contribution < -0.4 is 10.5 Å². The van der Waals surface area contributed by atoms with Crippen LogP contribution in [0.1, 0.15) is 5.56 Å². The van der Waals surface area contributed by atoms with Gasteiger partial charge in [0, 0.05) is 18.8 Å². The van der Waals surface area contributed by atoms with Crippen LogP contribution in [-0.4, -0.2) is 45.6 Å². The van der Waals surface area contributed by atoms with Crippen molar-refractivity contribution in [1.29, 1.82) is 0 Å². The Hall–Kier alpha value is -1.15. The van der Waals surface area contributed by atoms with Crippen molar-refractivity contribution in [2.45, 2.75) is 6.42 Å². The van der Waals surface area contributed by atoms with Crippen molar-refractivity contribution < 1.29 is 13.2 Å². The van der Waals surface area contributed by atoms with Gasteiger partial charge in [-0.05, 0) is 30.7 Å². The Morgan fingerprint density at radius 2 is 1.84 bits per heavy atom. The highest BCUT2D eigenvalue weighted by Crippen LogP contribution is 2.14. The predicted octanol–water partition coefficient (Wildman–Crippen LogP) is 0.177. The summed E-state index contributed by atoms with van der Waals surface area (Å²) in [5.74, 6) is 0. The number of ether oxygens (including phenoxy) is 1. The molecule has 0 bridgehead atoms. The van der Waals surface area contributed by atoms with Gasteiger partial charge < -0.3 is 10.5 Å². The number of hydrogen-bond donors (Lipinski definition) is 2. The minimum atomic E-state index is -3.48. The van der Waals surface area contributed by atoms with Crippen molar-refractivity contribution in [3.05, 3.63) is 29.8 Å². The quantitative estimate of drug-likeness (QED) is 0.808. The molecule has 1 aromatic carbocycles. The summed E-state index contributed by atoms with van der Waals surface area (Å²) < 4.78 is 33.3. The molecule has 19 heavy (non-hydrogen) atoms. The number of anilines is 1. The fourth-order valence-corrected chi connectivity index (χ4v) is 3.10. The van der Waals surface area contributed by atoms with Crippen molar-refractivity contribution in [2.24, 2.45) is 5.73 Å². The second-order valence-electron chi connectivity index (χ2n) is 4.35. The van der Waals surface area contributed by atoms with Gasteiger partial charge in [0.1, 0.15) is 0 Å². The van der Waals surface area contributed by atoms with Gasteiger partial charge in [0.05, 0.1) is 13.2 Å². The number of morpholine rings is 1. The van der Waals surface area contributed by atoms with Gasteiger partial charge in [-0.15, -0.1) is 0 Å². The molecule has 3 N–H and O–H groups in total. The zero-order valence-corrected chi connectivity index (χ0v) is 11.5.